The van der Waals surface area contributed by atoms with Crippen LogP contribution in [0.4, 0.5) is 5.82 Å². The lowest BCUT2D eigenvalue weighted by Gasteiger charge is -2.10. The molecule has 1 saturated carbocycles. The van der Waals surface area contributed by atoms with Gasteiger partial charge in [0.25, 0.3) is 0 Å². The Bertz CT molecular complexity index is 394. The van der Waals surface area contributed by atoms with Crippen LogP contribution >= 0.6 is 0 Å². The molecule has 1 heterocycles. The van der Waals surface area contributed by atoms with Gasteiger partial charge >= 0.3 is 0 Å². The molecule has 0 aliphatic heterocycles. The molecule has 0 saturated heterocycles. The lowest BCUT2D eigenvalue weighted by molar-refractivity contribution is 0.0542. The van der Waals surface area contributed by atoms with Gasteiger partial charge in [-0.15, -0.1) is 0 Å². The van der Waals surface area contributed by atoms with E-state index in [-0.39, 0.29) is 6.10 Å². The molecule has 0 atom stereocenters. The summed E-state index contributed by atoms with van der Waals surface area (Å²) in [5, 5.41) is 0. The van der Waals surface area contributed by atoms with Crippen molar-refractivity contribution in [2.45, 2.75) is 38.7 Å². The summed E-state index contributed by atoms with van der Waals surface area (Å²) in [4.78, 5) is 8.69. The first-order valence-corrected chi connectivity index (χ1v) is 6.29. The smallest absolute Gasteiger partial charge is 0.218 e. The third-order valence-corrected chi connectivity index (χ3v) is 2.59. The van der Waals surface area contributed by atoms with Gasteiger partial charge in [-0.25, -0.2) is 10.8 Å². The van der Waals surface area contributed by atoms with Crippen LogP contribution in [-0.2, 0) is 4.74 Å². The maximum Gasteiger partial charge on any atom is 0.218 e. The first-order chi connectivity index (χ1) is 8.69. The standard InChI is InChI=1S/C12H20N4O2/c1-8(2)17-5-6-18-11-7-10(16-13)14-12(15-11)9-3-4-9/h7-9H,3-6,13H2,1-2H3,(H,14,15,16). The third kappa shape index (κ3) is 3.82. The second-order valence-corrected chi connectivity index (χ2v) is 4.64. The zero-order valence-electron chi connectivity index (χ0n) is 10.8. The molecule has 0 radical (unpaired) electrons. The van der Waals surface area contributed by atoms with Crippen LogP contribution in [0.2, 0.25) is 0 Å². The van der Waals surface area contributed by atoms with Gasteiger partial charge in [0.1, 0.15) is 18.2 Å². The van der Waals surface area contributed by atoms with Crippen LogP contribution < -0.4 is 16.0 Å². The summed E-state index contributed by atoms with van der Waals surface area (Å²) in [6.07, 6.45) is 2.50. The molecule has 0 amide bonds. The van der Waals surface area contributed by atoms with Crippen molar-refractivity contribution in [3.63, 3.8) is 0 Å². The van der Waals surface area contributed by atoms with Gasteiger partial charge in [0.2, 0.25) is 5.88 Å². The van der Waals surface area contributed by atoms with E-state index < -0.39 is 0 Å². The molecule has 18 heavy (non-hydrogen) atoms. The summed E-state index contributed by atoms with van der Waals surface area (Å²) in [5.74, 6) is 7.80. The number of nitrogens with two attached hydrogens (primary N) is 1. The number of nitrogens with zero attached hydrogens (tertiary/aromatic N) is 2. The number of nitrogens with one attached hydrogen (secondary N) is 1. The van der Waals surface area contributed by atoms with E-state index in [4.69, 9.17) is 15.3 Å². The Hall–Kier alpha value is -1.40. The number of hydrazine groups is 1. The fourth-order valence-corrected chi connectivity index (χ4v) is 1.54. The SMILES string of the molecule is CC(C)OCCOc1cc(NN)nc(C2CC2)n1. The van der Waals surface area contributed by atoms with Crippen molar-refractivity contribution in [3.8, 4) is 5.88 Å². The topological polar surface area (TPSA) is 82.3 Å². The molecular formula is C12H20N4O2. The lowest BCUT2D eigenvalue weighted by Crippen LogP contribution is -2.14. The number of hydrogen-bond donors (Lipinski definition) is 2. The molecule has 0 aromatic carbocycles. The zero-order chi connectivity index (χ0) is 13.0. The Morgan fingerprint density at radius 3 is 2.78 bits per heavy atom. The van der Waals surface area contributed by atoms with E-state index in [1.54, 1.807) is 6.07 Å². The Kier molecular flexibility index (Phi) is 4.33. The first kappa shape index (κ1) is 13.0. The number of nitrogen functional groups attached to an aromatic ring is 1. The Morgan fingerprint density at radius 2 is 2.17 bits per heavy atom. The molecule has 100 valence electrons. The number of aromatic nitrogens is 2. The highest BCUT2D eigenvalue weighted by Crippen LogP contribution is 2.38. The second kappa shape index (κ2) is 5.97. The van der Waals surface area contributed by atoms with Crippen LogP contribution in [0.15, 0.2) is 6.07 Å². The van der Waals surface area contributed by atoms with Crippen LogP contribution in [0.25, 0.3) is 0 Å². The number of anilines is 1. The maximum absolute atomic E-state index is 5.55. The number of ether oxygens (including phenoxy) is 2. The van der Waals surface area contributed by atoms with E-state index in [9.17, 15) is 0 Å². The average Bonchev–Trinajstić information content (AvgIpc) is 3.18. The van der Waals surface area contributed by atoms with Crippen LogP contribution in [-0.4, -0.2) is 29.3 Å². The van der Waals surface area contributed by atoms with Gasteiger partial charge < -0.3 is 14.9 Å². The van der Waals surface area contributed by atoms with Crippen LogP contribution in [0.1, 0.15) is 38.4 Å². The summed E-state index contributed by atoms with van der Waals surface area (Å²) in [6, 6.07) is 1.70. The summed E-state index contributed by atoms with van der Waals surface area (Å²) >= 11 is 0. The largest absolute Gasteiger partial charge is 0.475 e. The summed E-state index contributed by atoms with van der Waals surface area (Å²) in [5.41, 5.74) is 2.54. The molecule has 1 aromatic heterocycles. The highest BCUT2D eigenvalue weighted by Gasteiger charge is 2.27. The predicted molar refractivity (Wildman–Crippen MR) is 68.4 cm³/mol. The van der Waals surface area contributed by atoms with Gasteiger partial charge in [0, 0.05) is 12.0 Å². The van der Waals surface area contributed by atoms with Crippen LogP contribution in [0, 0.1) is 0 Å². The first-order valence-electron chi connectivity index (χ1n) is 6.29. The highest BCUT2D eigenvalue weighted by molar-refractivity contribution is 5.38. The molecule has 1 aliphatic carbocycles. The van der Waals surface area contributed by atoms with Crippen molar-refractivity contribution in [3.05, 3.63) is 11.9 Å². The normalized spacial score (nSPS) is 14.9. The quantitative estimate of drug-likeness (QED) is 0.434. The van der Waals surface area contributed by atoms with Gasteiger partial charge in [-0.05, 0) is 26.7 Å². The molecule has 3 N–H and O–H groups in total. The second-order valence-electron chi connectivity index (χ2n) is 4.64. The highest BCUT2D eigenvalue weighted by atomic mass is 16.5. The van der Waals surface area contributed by atoms with E-state index in [1.165, 1.54) is 0 Å². The molecule has 0 bridgehead atoms. The average molecular weight is 252 g/mol. The van der Waals surface area contributed by atoms with Gasteiger partial charge in [-0.3, -0.25) is 0 Å². The van der Waals surface area contributed by atoms with Crippen molar-refractivity contribution in [1.82, 2.24) is 9.97 Å². The van der Waals surface area contributed by atoms with Crippen molar-refractivity contribution in [2.75, 3.05) is 18.6 Å². The van der Waals surface area contributed by atoms with E-state index in [0.29, 0.717) is 30.8 Å². The molecule has 0 unspecified atom stereocenters. The van der Waals surface area contributed by atoms with Crippen molar-refractivity contribution in [2.24, 2.45) is 5.84 Å². The van der Waals surface area contributed by atoms with Crippen molar-refractivity contribution in [1.29, 1.82) is 0 Å². The summed E-state index contributed by atoms with van der Waals surface area (Å²) in [7, 11) is 0. The summed E-state index contributed by atoms with van der Waals surface area (Å²) < 4.78 is 10.9. The zero-order valence-corrected chi connectivity index (χ0v) is 10.8. The Morgan fingerprint density at radius 1 is 1.39 bits per heavy atom. The fourth-order valence-electron chi connectivity index (χ4n) is 1.54. The predicted octanol–water partition coefficient (Wildman–Crippen LogP) is 1.44. The molecule has 6 nitrogen and oxygen atoms in total. The molecular weight excluding hydrogens is 232 g/mol. The lowest BCUT2D eigenvalue weighted by atomic mass is 10.4. The van der Waals surface area contributed by atoms with Gasteiger partial charge in [0.15, 0.2) is 0 Å². The molecule has 6 heteroatoms. The molecule has 1 fully saturated rings. The minimum Gasteiger partial charge on any atom is -0.475 e. The van der Waals surface area contributed by atoms with Crippen LogP contribution in [0.3, 0.4) is 0 Å². The summed E-state index contributed by atoms with van der Waals surface area (Å²) in [6.45, 7) is 5.01. The third-order valence-electron chi connectivity index (χ3n) is 2.59. The van der Waals surface area contributed by atoms with Crippen molar-refractivity contribution < 1.29 is 9.47 Å². The van der Waals surface area contributed by atoms with E-state index in [1.807, 2.05) is 13.8 Å². The van der Waals surface area contributed by atoms with E-state index in [2.05, 4.69) is 15.4 Å². The number of rotatable bonds is 7. The molecule has 2 rings (SSSR count). The fraction of sp³-hybridized carbons (Fsp3) is 0.667. The minimum absolute atomic E-state index is 0.210. The van der Waals surface area contributed by atoms with Gasteiger partial charge in [-0.2, -0.15) is 4.98 Å². The molecule has 1 aliphatic rings. The van der Waals surface area contributed by atoms with E-state index in [0.717, 1.165) is 18.7 Å². The Balaban J connectivity index is 1.92. The number of hydrogen-bond acceptors (Lipinski definition) is 6. The molecule has 1 aromatic rings. The van der Waals surface area contributed by atoms with Gasteiger partial charge in [0.05, 0.1) is 12.7 Å². The molecule has 0 spiro atoms. The van der Waals surface area contributed by atoms with Crippen molar-refractivity contribution >= 4 is 5.82 Å². The van der Waals surface area contributed by atoms with Crippen LogP contribution in [0.5, 0.6) is 5.88 Å². The maximum atomic E-state index is 5.55. The minimum atomic E-state index is 0.210. The Labute approximate surface area is 107 Å². The van der Waals surface area contributed by atoms with E-state index >= 15 is 0 Å². The monoisotopic (exact) mass is 252 g/mol. The van der Waals surface area contributed by atoms with Gasteiger partial charge in [-0.1, -0.05) is 0 Å².